The zero-order valence-corrected chi connectivity index (χ0v) is 18.6. The summed E-state index contributed by atoms with van der Waals surface area (Å²) in [5.74, 6) is 0.596. The van der Waals surface area contributed by atoms with E-state index < -0.39 is 5.41 Å². The summed E-state index contributed by atoms with van der Waals surface area (Å²) >= 11 is 0. The number of nitrogens with zero attached hydrogens (tertiary/aromatic N) is 2. The van der Waals surface area contributed by atoms with Crippen LogP contribution in [0, 0.1) is 13.8 Å². The quantitative estimate of drug-likeness (QED) is 0.337. The van der Waals surface area contributed by atoms with E-state index in [2.05, 4.69) is 70.9 Å². The van der Waals surface area contributed by atoms with Crippen LogP contribution in [0.3, 0.4) is 0 Å². The molecule has 1 aliphatic heterocycles. The average molecular weight is 414 g/mol. The number of rotatable bonds is 5. The molecule has 1 aromatic heterocycles. The predicted octanol–water partition coefficient (Wildman–Crippen LogP) is 5.35. The molecule has 1 aliphatic rings. The van der Waals surface area contributed by atoms with E-state index in [-0.39, 0.29) is 0 Å². The van der Waals surface area contributed by atoms with Crippen molar-refractivity contribution in [1.82, 2.24) is 10.3 Å². The lowest BCUT2D eigenvalue weighted by molar-refractivity contribution is 0.315. The highest BCUT2D eigenvalue weighted by atomic mass is 16.4. The van der Waals surface area contributed by atoms with Crippen molar-refractivity contribution in [2.45, 2.75) is 44.9 Å². The van der Waals surface area contributed by atoms with E-state index in [1.807, 2.05) is 32.2 Å². The average Bonchev–Trinajstić information content (AvgIpc) is 2.81. The fourth-order valence-corrected chi connectivity index (χ4v) is 5.10. The summed E-state index contributed by atoms with van der Waals surface area (Å²) < 4.78 is 0. The molecule has 0 unspecified atom stereocenters. The normalized spacial score (nSPS) is 17.3. The van der Waals surface area contributed by atoms with Crippen LogP contribution in [-0.2, 0) is 5.41 Å². The standard InChI is InChI=1S/C27H31N3O/c1-19-6-4-5-7-26(19)27(21(3)30-31,25-14-17-29-20(2)18-25)24-10-8-22(9-11-24)23-12-15-28-16-13-23/h4-11,14,17-18,23,28,31H,12-13,15-16H2,1-3H3/b30-21-/t27-/m0/s1. The van der Waals surface area contributed by atoms with Gasteiger partial charge in [0.2, 0.25) is 0 Å². The molecule has 0 spiro atoms. The van der Waals surface area contributed by atoms with Crippen molar-refractivity contribution in [1.29, 1.82) is 0 Å². The van der Waals surface area contributed by atoms with Gasteiger partial charge >= 0.3 is 0 Å². The molecular formula is C27H31N3O. The maximum absolute atomic E-state index is 10.0. The van der Waals surface area contributed by atoms with Gasteiger partial charge in [0, 0.05) is 11.9 Å². The van der Waals surface area contributed by atoms with Gasteiger partial charge in [-0.2, -0.15) is 0 Å². The number of hydrogen-bond acceptors (Lipinski definition) is 4. The van der Waals surface area contributed by atoms with Crippen LogP contribution < -0.4 is 5.32 Å². The first kappa shape index (κ1) is 21.3. The molecule has 2 aromatic carbocycles. The van der Waals surface area contributed by atoms with E-state index in [1.54, 1.807) is 0 Å². The van der Waals surface area contributed by atoms with Gasteiger partial charge in [-0.3, -0.25) is 4.98 Å². The van der Waals surface area contributed by atoms with E-state index in [9.17, 15) is 5.21 Å². The summed E-state index contributed by atoms with van der Waals surface area (Å²) in [6.07, 6.45) is 4.18. The number of aromatic nitrogens is 1. The summed E-state index contributed by atoms with van der Waals surface area (Å²) in [4.78, 5) is 4.42. The second-order valence-corrected chi connectivity index (χ2v) is 8.58. The minimum absolute atomic E-state index is 0.596. The Balaban J connectivity index is 1.95. The van der Waals surface area contributed by atoms with E-state index in [0.717, 1.165) is 41.0 Å². The molecule has 4 heteroatoms. The van der Waals surface area contributed by atoms with Crippen molar-refractivity contribution >= 4 is 5.71 Å². The zero-order chi connectivity index (χ0) is 21.8. The van der Waals surface area contributed by atoms with Crippen LogP contribution in [0.25, 0.3) is 0 Å². The molecule has 2 N–H and O–H groups in total. The van der Waals surface area contributed by atoms with Gasteiger partial charge in [0.25, 0.3) is 0 Å². The smallest absolute Gasteiger partial charge is 0.0868 e. The molecule has 0 aliphatic carbocycles. The lowest BCUT2D eigenvalue weighted by atomic mass is 9.65. The Morgan fingerprint density at radius 1 is 1.00 bits per heavy atom. The number of benzene rings is 2. The van der Waals surface area contributed by atoms with Crippen molar-refractivity contribution in [3.8, 4) is 0 Å². The van der Waals surface area contributed by atoms with Gasteiger partial charge in [-0.15, -0.1) is 0 Å². The molecule has 31 heavy (non-hydrogen) atoms. The van der Waals surface area contributed by atoms with Crippen LogP contribution in [0.1, 0.15) is 59.2 Å². The van der Waals surface area contributed by atoms with Crippen LogP contribution >= 0.6 is 0 Å². The second kappa shape index (κ2) is 9.03. The Labute approximate surface area is 185 Å². The Bertz CT molecular complexity index is 1070. The van der Waals surface area contributed by atoms with E-state index in [0.29, 0.717) is 11.6 Å². The number of oxime groups is 1. The summed E-state index contributed by atoms with van der Waals surface area (Å²) in [5, 5.41) is 17.2. The number of nitrogens with one attached hydrogen (secondary N) is 1. The molecule has 4 nitrogen and oxygen atoms in total. The van der Waals surface area contributed by atoms with Gasteiger partial charge in [0.1, 0.15) is 0 Å². The third-order valence-electron chi connectivity index (χ3n) is 6.73. The van der Waals surface area contributed by atoms with Crippen molar-refractivity contribution < 1.29 is 5.21 Å². The molecule has 0 saturated carbocycles. The van der Waals surface area contributed by atoms with Gasteiger partial charge < -0.3 is 10.5 Å². The fourth-order valence-electron chi connectivity index (χ4n) is 5.10. The third kappa shape index (κ3) is 3.88. The Hall–Kier alpha value is -2.98. The lowest BCUT2D eigenvalue weighted by Crippen LogP contribution is -2.38. The Kier molecular flexibility index (Phi) is 6.19. The van der Waals surface area contributed by atoms with Gasteiger partial charge in [-0.05, 0) is 92.6 Å². The van der Waals surface area contributed by atoms with E-state index in [1.165, 1.54) is 18.4 Å². The molecular weight excluding hydrogens is 382 g/mol. The van der Waals surface area contributed by atoms with Crippen LogP contribution in [0.4, 0.5) is 0 Å². The molecule has 0 radical (unpaired) electrons. The topological polar surface area (TPSA) is 57.5 Å². The van der Waals surface area contributed by atoms with Gasteiger partial charge in [0.15, 0.2) is 0 Å². The number of piperidine rings is 1. The largest absolute Gasteiger partial charge is 0.411 e. The van der Waals surface area contributed by atoms with Crippen molar-refractivity contribution in [2.75, 3.05) is 13.1 Å². The van der Waals surface area contributed by atoms with Gasteiger partial charge in [0.05, 0.1) is 11.1 Å². The van der Waals surface area contributed by atoms with Crippen LogP contribution in [0.5, 0.6) is 0 Å². The predicted molar refractivity (Wildman–Crippen MR) is 126 cm³/mol. The summed E-state index contributed by atoms with van der Waals surface area (Å²) in [6.45, 7) is 8.17. The first-order valence-corrected chi connectivity index (χ1v) is 11.1. The summed E-state index contributed by atoms with van der Waals surface area (Å²) in [7, 11) is 0. The van der Waals surface area contributed by atoms with E-state index in [4.69, 9.17) is 0 Å². The van der Waals surface area contributed by atoms with E-state index >= 15 is 0 Å². The van der Waals surface area contributed by atoms with Crippen molar-refractivity contribution in [3.63, 3.8) is 0 Å². The van der Waals surface area contributed by atoms with Crippen LogP contribution in [-0.4, -0.2) is 29.0 Å². The number of aryl methyl sites for hydroxylation is 2. The minimum Gasteiger partial charge on any atom is -0.411 e. The minimum atomic E-state index is -0.694. The highest BCUT2D eigenvalue weighted by molar-refractivity contribution is 6.00. The van der Waals surface area contributed by atoms with Gasteiger partial charge in [-0.1, -0.05) is 53.7 Å². The molecule has 3 aromatic rings. The van der Waals surface area contributed by atoms with Crippen molar-refractivity contribution in [2.24, 2.45) is 5.16 Å². The summed E-state index contributed by atoms with van der Waals surface area (Å²) in [6, 6.07) is 21.5. The fraction of sp³-hybridized carbons (Fsp3) is 0.333. The number of hydrogen-bond donors (Lipinski definition) is 2. The maximum atomic E-state index is 10.0. The molecule has 0 amide bonds. The molecule has 0 bridgehead atoms. The Morgan fingerprint density at radius 3 is 2.35 bits per heavy atom. The summed E-state index contributed by atoms with van der Waals surface area (Å²) in [5.41, 5.74) is 6.69. The van der Waals surface area contributed by atoms with Crippen LogP contribution in [0.2, 0.25) is 0 Å². The molecule has 1 saturated heterocycles. The van der Waals surface area contributed by atoms with Crippen molar-refractivity contribution in [3.05, 3.63) is 100 Å². The first-order valence-electron chi connectivity index (χ1n) is 11.1. The molecule has 160 valence electrons. The second-order valence-electron chi connectivity index (χ2n) is 8.58. The number of pyridine rings is 1. The van der Waals surface area contributed by atoms with Gasteiger partial charge in [-0.25, -0.2) is 0 Å². The highest BCUT2D eigenvalue weighted by Gasteiger charge is 2.41. The molecule has 1 fully saturated rings. The third-order valence-corrected chi connectivity index (χ3v) is 6.73. The first-order chi connectivity index (χ1) is 15.1. The zero-order valence-electron chi connectivity index (χ0n) is 18.6. The SMILES string of the molecule is C/C(=N/O)[C@](c1ccc(C2CCNCC2)cc1)(c1ccnc(C)c1)c1ccccc1C. The highest BCUT2D eigenvalue weighted by Crippen LogP contribution is 2.43. The Morgan fingerprint density at radius 2 is 1.71 bits per heavy atom. The van der Waals surface area contributed by atoms with Crippen LogP contribution in [0.15, 0.2) is 72.0 Å². The molecule has 1 atom stereocenters. The lowest BCUT2D eigenvalue weighted by Gasteiger charge is -2.37. The monoisotopic (exact) mass is 413 g/mol. The maximum Gasteiger partial charge on any atom is 0.0868 e. The molecule has 2 heterocycles. The molecule has 4 rings (SSSR count).